The minimum Gasteiger partial charge on any atom is -0.371 e. The van der Waals surface area contributed by atoms with E-state index in [1.54, 1.807) is 11.1 Å². The molecule has 0 saturated carbocycles. The summed E-state index contributed by atoms with van der Waals surface area (Å²) in [6.07, 6.45) is 6.10. The molecule has 0 amide bonds. The van der Waals surface area contributed by atoms with Crippen molar-refractivity contribution in [3.05, 3.63) is 65.5 Å². The molecule has 2 heterocycles. The lowest BCUT2D eigenvalue weighted by Gasteiger charge is -2.34. The van der Waals surface area contributed by atoms with Crippen LogP contribution in [0.2, 0.25) is 0 Å². The smallest absolute Gasteiger partial charge is 0.170 e. The van der Waals surface area contributed by atoms with Crippen LogP contribution < -0.4 is 10.2 Å². The molecule has 0 unspecified atom stereocenters. The van der Waals surface area contributed by atoms with E-state index in [4.69, 9.17) is 0 Å². The molecule has 1 N–H and O–H groups in total. The van der Waals surface area contributed by atoms with Gasteiger partial charge in [0.2, 0.25) is 0 Å². The quantitative estimate of drug-likeness (QED) is 0.744. The number of piperidine rings is 1. The molecular weight excluding hydrogens is 348 g/mol. The Balaban J connectivity index is 1.17. The third kappa shape index (κ3) is 3.52. The molecule has 1 fully saturated rings. The molecule has 2 aliphatic rings. The number of tetrazole rings is 1. The second kappa shape index (κ2) is 7.72. The summed E-state index contributed by atoms with van der Waals surface area (Å²) in [4.78, 5) is 2.53. The van der Waals surface area contributed by atoms with Gasteiger partial charge in [-0.25, -0.2) is 0 Å². The molecule has 3 aromatic rings. The highest BCUT2D eigenvalue weighted by Crippen LogP contribution is 2.28. The summed E-state index contributed by atoms with van der Waals surface area (Å²) in [6.45, 7) is 2.88. The van der Waals surface area contributed by atoms with Crippen LogP contribution in [0, 0.1) is 0 Å². The van der Waals surface area contributed by atoms with Crippen molar-refractivity contribution in [2.45, 2.75) is 44.7 Å². The number of aryl methyl sites for hydroxylation is 2. The van der Waals surface area contributed by atoms with Gasteiger partial charge < -0.3 is 10.2 Å². The predicted molar refractivity (Wildman–Crippen MR) is 110 cm³/mol. The SMILES string of the molecule is c1ccc(-n2nnnc2CNC2CCN(c3ccc4c(c3)CCC4)CC2)cc1. The highest BCUT2D eigenvalue weighted by atomic mass is 15.5. The summed E-state index contributed by atoms with van der Waals surface area (Å²) in [5.41, 5.74) is 5.50. The van der Waals surface area contributed by atoms with Gasteiger partial charge in [0.15, 0.2) is 5.82 Å². The van der Waals surface area contributed by atoms with Crippen LogP contribution in [0.1, 0.15) is 36.2 Å². The van der Waals surface area contributed by atoms with E-state index in [9.17, 15) is 0 Å². The summed E-state index contributed by atoms with van der Waals surface area (Å²) < 4.78 is 1.81. The molecule has 1 aliphatic heterocycles. The largest absolute Gasteiger partial charge is 0.371 e. The topological polar surface area (TPSA) is 58.9 Å². The zero-order valence-corrected chi connectivity index (χ0v) is 16.1. The van der Waals surface area contributed by atoms with Gasteiger partial charge >= 0.3 is 0 Å². The Kier molecular flexibility index (Phi) is 4.79. The fourth-order valence-electron chi connectivity index (χ4n) is 4.42. The number of anilines is 1. The molecule has 1 aromatic heterocycles. The highest BCUT2D eigenvalue weighted by Gasteiger charge is 2.21. The second-order valence-electron chi connectivity index (χ2n) is 7.79. The maximum atomic E-state index is 4.20. The van der Waals surface area contributed by atoms with Crippen LogP contribution in [0.3, 0.4) is 0 Å². The third-order valence-corrected chi connectivity index (χ3v) is 6.03. The molecule has 5 rings (SSSR count). The molecule has 6 heteroatoms. The van der Waals surface area contributed by atoms with Gasteiger partial charge in [0.25, 0.3) is 0 Å². The van der Waals surface area contributed by atoms with Gasteiger partial charge in [-0.3, -0.25) is 0 Å². The van der Waals surface area contributed by atoms with Crippen molar-refractivity contribution in [3.8, 4) is 5.69 Å². The van der Waals surface area contributed by atoms with Crippen molar-refractivity contribution >= 4 is 5.69 Å². The van der Waals surface area contributed by atoms with Crippen LogP contribution in [-0.2, 0) is 19.4 Å². The summed E-state index contributed by atoms with van der Waals surface area (Å²) >= 11 is 0. The maximum absolute atomic E-state index is 4.20. The maximum Gasteiger partial charge on any atom is 0.170 e. The van der Waals surface area contributed by atoms with E-state index in [2.05, 4.69) is 43.9 Å². The van der Waals surface area contributed by atoms with Crippen molar-refractivity contribution in [1.29, 1.82) is 0 Å². The lowest BCUT2D eigenvalue weighted by Crippen LogP contribution is -2.42. The Morgan fingerprint density at radius 2 is 1.75 bits per heavy atom. The zero-order valence-electron chi connectivity index (χ0n) is 16.1. The normalized spacial score (nSPS) is 17.1. The molecule has 1 saturated heterocycles. The number of nitrogens with zero attached hydrogens (tertiary/aromatic N) is 5. The Morgan fingerprint density at radius 3 is 2.61 bits per heavy atom. The van der Waals surface area contributed by atoms with Crippen LogP contribution in [0.25, 0.3) is 5.69 Å². The van der Waals surface area contributed by atoms with Crippen LogP contribution >= 0.6 is 0 Å². The van der Waals surface area contributed by atoms with Crippen molar-refractivity contribution in [2.75, 3.05) is 18.0 Å². The Hall–Kier alpha value is -2.73. The van der Waals surface area contributed by atoms with Gasteiger partial charge in [0.05, 0.1) is 12.2 Å². The van der Waals surface area contributed by atoms with Crippen LogP contribution in [0.5, 0.6) is 0 Å². The predicted octanol–water partition coefficient (Wildman–Crippen LogP) is 2.91. The van der Waals surface area contributed by atoms with Crippen LogP contribution in [0.4, 0.5) is 5.69 Å². The van der Waals surface area contributed by atoms with Crippen molar-refractivity contribution in [1.82, 2.24) is 25.5 Å². The van der Waals surface area contributed by atoms with E-state index in [1.807, 2.05) is 35.0 Å². The number of fused-ring (bicyclic) bond motifs is 1. The van der Waals surface area contributed by atoms with E-state index < -0.39 is 0 Å². The number of aromatic nitrogens is 4. The first kappa shape index (κ1) is 17.4. The summed E-state index contributed by atoms with van der Waals surface area (Å²) in [6, 6.07) is 17.6. The minimum absolute atomic E-state index is 0.506. The molecule has 6 nitrogen and oxygen atoms in total. The molecule has 1 aliphatic carbocycles. The number of para-hydroxylation sites is 1. The molecule has 28 heavy (non-hydrogen) atoms. The summed E-state index contributed by atoms with van der Waals surface area (Å²) in [5.74, 6) is 0.854. The van der Waals surface area contributed by atoms with E-state index >= 15 is 0 Å². The molecule has 0 radical (unpaired) electrons. The van der Waals surface area contributed by atoms with E-state index in [0.29, 0.717) is 12.6 Å². The number of rotatable bonds is 5. The standard InChI is InChI=1S/C22H26N6/c1-2-7-20(8-3-1)28-22(24-25-26-28)16-23-19-11-13-27(14-12-19)21-10-9-17-5-4-6-18(17)15-21/h1-3,7-10,15,19,23H,4-6,11-14,16H2. The monoisotopic (exact) mass is 374 g/mol. The molecular formula is C22H26N6. The first-order valence-electron chi connectivity index (χ1n) is 10.3. The highest BCUT2D eigenvalue weighted by molar-refractivity contribution is 5.52. The Bertz CT molecular complexity index is 927. The van der Waals surface area contributed by atoms with E-state index in [1.165, 1.54) is 24.9 Å². The van der Waals surface area contributed by atoms with Crippen molar-refractivity contribution in [3.63, 3.8) is 0 Å². The molecule has 2 aromatic carbocycles. The number of hydrogen-bond donors (Lipinski definition) is 1. The van der Waals surface area contributed by atoms with E-state index in [-0.39, 0.29) is 0 Å². The Morgan fingerprint density at radius 1 is 0.929 bits per heavy atom. The number of benzene rings is 2. The first-order chi connectivity index (χ1) is 13.9. The minimum atomic E-state index is 0.506. The average Bonchev–Trinajstić information content (AvgIpc) is 3.42. The summed E-state index contributed by atoms with van der Waals surface area (Å²) in [7, 11) is 0. The van der Waals surface area contributed by atoms with Crippen LogP contribution in [-0.4, -0.2) is 39.3 Å². The second-order valence-corrected chi connectivity index (χ2v) is 7.79. The zero-order chi connectivity index (χ0) is 18.8. The third-order valence-electron chi connectivity index (χ3n) is 6.03. The van der Waals surface area contributed by atoms with Gasteiger partial charge in [0.1, 0.15) is 0 Å². The number of hydrogen-bond acceptors (Lipinski definition) is 5. The molecule has 0 spiro atoms. The van der Waals surface area contributed by atoms with Gasteiger partial charge in [0, 0.05) is 24.8 Å². The lowest BCUT2D eigenvalue weighted by molar-refractivity contribution is 0.408. The van der Waals surface area contributed by atoms with E-state index in [0.717, 1.165) is 37.4 Å². The molecule has 0 bridgehead atoms. The lowest BCUT2D eigenvalue weighted by atomic mass is 10.0. The van der Waals surface area contributed by atoms with Crippen molar-refractivity contribution < 1.29 is 0 Å². The molecule has 144 valence electrons. The fourth-order valence-corrected chi connectivity index (χ4v) is 4.42. The fraction of sp³-hybridized carbons (Fsp3) is 0.409. The van der Waals surface area contributed by atoms with Crippen LogP contribution in [0.15, 0.2) is 48.5 Å². The van der Waals surface area contributed by atoms with Crippen molar-refractivity contribution in [2.24, 2.45) is 0 Å². The molecule has 0 atom stereocenters. The van der Waals surface area contributed by atoms with Gasteiger partial charge in [-0.15, -0.1) is 5.10 Å². The van der Waals surface area contributed by atoms with Gasteiger partial charge in [-0.2, -0.15) is 4.68 Å². The average molecular weight is 374 g/mol. The van der Waals surface area contributed by atoms with Gasteiger partial charge in [-0.05, 0) is 77.9 Å². The van der Waals surface area contributed by atoms with Gasteiger partial charge in [-0.1, -0.05) is 24.3 Å². The Labute approximate surface area is 165 Å². The number of nitrogens with one attached hydrogen (secondary N) is 1. The summed E-state index contributed by atoms with van der Waals surface area (Å²) in [5, 5.41) is 15.9. The first-order valence-corrected chi connectivity index (χ1v) is 10.3.